The van der Waals surface area contributed by atoms with Crippen molar-refractivity contribution < 1.29 is 113 Å². The average Bonchev–Trinajstić information content (AvgIpc) is 2.20. The summed E-state index contributed by atoms with van der Waals surface area (Å²) in [7, 11) is 0. The Labute approximate surface area is 197 Å². The van der Waals surface area contributed by atoms with Gasteiger partial charge < -0.3 is 22.5 Å². The molecule has 0 radical (unpaired) electrons. The minimum Gasteiger partial charge on any atom is -0.793 e. The van der Waals surface area contributed by atoms with Crippen LogP contribution in [0.15, 0.2) is 0 Å². The van der Waals surface area contributed by atoms with Gasteiger partial charge in [0.1, 0.15) is 0 Å². The Bertz CT molecular complexity index is 157. The fourth-order valence-corrected chi connectivity index (χ4v) is 1.81. The number of unbranched alkanes of at least 4 members (excludes halogenated alkanes) is 8. The van der Waals surface area contributed by atoms with Crippen LogP contribution < -0.4 is 108 Å². The van der Waals surface area contributed by atoms with Crippen LogP contribution in [-0.4, -0.2) is 11.7 Å². The summed E-state index contributed by atoms with van der Waals surface area (Å²) >= 11 is 4.87. The predicted molar refractivity (Wildman–Crippen MR) is 63.4 cm³/mol. The number of carboxylic acid groups (broad SMARTS) is 1. The molecule has 0 rings (SSSR count). The second-order valence-electron chi connectivity index (χ2n) is 4.01. The molecule has 0 bridgehead atoms. The van der Waals surface area contributed by atoms with Crippen molar-refractivity contribution >= 4 is 18.6 Å². The van der Waals surface area contributed by atoms with Gasteiger partial charge >= 0.3 is 103 Å². The zero-order valence-electron chi connectivity index (χ0n) is 11.5. The molecule has 0 aromatic heterocycles. The number of rotatable bonds is 11. The van der Waals surface area contributed by atoms with Gasteiger partial charge in [-0.05, 0) is 12.8 Å². The van der Waals surface area contributed by atoms with E-state index in [0.29, 0.717) is 0 Å². The van der Waals surface area contributed by atoms with Crippen molar-refractivity contribution in [2.75, 3.05) is 5.75 Å². The maximum atomic E-state index is 10.1. The molecule has 0 N–H and O–H groups in total. The van der Waals surface area contributed by atoms with E-state index < -0.39 is 5.97 Å². The zero-order chi connectivity index (χ0) is 11.4. The molecule has 0 aliphatic carbocycles. The third-order valence-electron chi connectivity index (χ3n) is 2.53. The maximum absolute atomic E-state index is 10.1. The molecule has 17 heavy (non-hydrogen) atoms. The van der Waals surface area contributed by atoms with E-state index in [9.17, 15) is 9.90 Å². The molecule has 0 aliphatic heterocycles. The van der Waals surface area contributed by atoms with Crippen molar-refractivity contribution in [2.45, 2.75) is 64.2 Å². The van der Waals surface area contributed by atoms with Crippen LogP contribution in [-0.2, 0) is 17.4 Å². The van der Waals surface area contributed by atoms with Gasteiger partial charge in [0, 0.05) is 5.97 Å². The Hall–Kier alpha value is 3.09. The van der Waals surface area contributed by atoms with Crippen molar-refractivity contribution in [2.24, 2.45) is 0 Å². The van der Waals surface area contributed by atoms with Crippen LogP contribution in [0, 0.1) is 0 Å². The maximum Gasteiger partial charge on any atom is 1.00 e. The second-order valence-corrected chi connectivity index (χ2v) is 4.42. The zero-order valence-corrected chi connectivity index (χ0v) is 18.6. The van der Waals surface area contributed by atoms with Crippen molar-refractivity contribution in [3.63, 3.8) is 0 Å². The van der Waals surface area contributed by atoms with Gasteiger partial charge in [0.2, 0.25) is 0 Å². The van der Waals surface area contributed by atoms with Gasteiger partial charge in [-0.3, -0.25) is 0 Å². The first-order valence-electron chi connectivity index (χ1n) is 6.05. The van der Waals surface area contributed by atoms with Crippen LogP contribution in [0.1, 0.15) is 64.2 Å². The van der Waals surface area contributed by atoms with Gasteiger partial charge in [-0.15, -0.1) is 0 Å². The molecule has 2 nitrogen and oxygen atoms in total. The van der Waals surface area contributed by atoms with E-state index in [1.165, 1.54) is 38.5 Å². The second kappa shape index (κ2) is 21.4. The fraction of sp³-hybridized carbons (Fsp3) is 0.917. The van der Waals surface area contributed by atoms with Gasteiger partial charge in [-0.25, -0.2) is 0 Å². The number of carbonyl (C=O) groups is 1. The van der Waals surface area contributed by atoms with E-state index in [0.717, 1.165) is 25.0 Å². The molecule has 90 valence electrons. The molecule has 0 saturated heterocycles. The molecule has 0 aliphatic rings. The average molecular weight is 309 g/mol. The SMILES string of the molecule is O=C([O-])CCCCCCCCCCC[S-].[K+].[K+]. The summed E-state index contributed by atoms with van der Waals surface area (Å²) in [4.78, 5) is 10.1. The van der Waals surface area contributed by atoms with E-state index in [1.54, 1.807) is 0 Å². The van der Waals surface area contributed by atoms with E-state index in [4.69, 9.17) is 12.6 Å². The Balaban J connectivity index is -0.000000980. The van der Waals surface area contributed by atoms with E-state index in [-0.39, 0.29) is 109 Å². The Morgan fingerprint density at radius 1 is 0.765 bits per heavy atom. The van der Waals surface area contributed by atoms with Crippen LogP contribution in [0.5, 0.6) is 0 Å². The first-order valence-corrected chi connectivity index (χ1v) is 6.63. The molecule has 5 heteroatoms. The Morgan fingerprint density at radius 2 is 1.12 bits per heavy atom. The van der Waals surface area contributed by atoms with Crippen molar-refractivity contribution in [1.29, 1.82) is 0 Å². The van der Waals surface area contributed by atoms with Crippen molar-refractivity contribution in [1.82, 2.24) is 0 Å². The molecular formula is C12H22K2O2S. The minimum absolute atomic E-state index is 0. The first kappa shape index (κ1) is 25.1. The molecule has 0 atom stereocenters. The van der Waals surface area contributed by atoms with E-state index in [2.05, 4.69) is 0 Å². The molecular weight excluding hydrogens is 286 g/mol. The Morgan fingerprint density at radius 3 is 1.47 bits per heavy atom. The standard InChI is InChI=1S/C12H24O2S.2K/c13-12(14)10-8-6-4-2-1-3-5-7-9-11-15;;/h15H,1-11H2,(H,13,14);;/q;2*+1/p-2. The van der Waals surface area contributed by atoms with Crippen LogP contribution in [0.3, 0.4) is 0 Å². The number of hydrogen-bond acceptors (Lipinski definition) is 3. The summed E-state index contributed by atoms with van der Waals surface area (Å²) in [6.07, 6.45) is 10.8. The van der Waals surface area contributed by atoms with Crippen LogP contribution >= 0.6 is 0 Å². The Kier molecular flexibility index (Phi) is 31.5. The summed E-state index contributed by atoms with van der Waals surface area (Å²) < 4.78 is 0. The van der Waals surface area contributed by atoms with Gasteiger partial charge in [-0.1, -0.05) is 51.4 Å². The largest absolute Gasteiger partial charge is 1.00 e. The van der Waals surface area contributed by atoms with Crippen LogP contribution in [0.2, 0.25) is 0 Å². The number of carbonyl (C=O) groups excluding carboxylic acids is 1. The monoisotopic (exact) mass is 308 g/mol. The quantitative estimate of drug-likeness (QED) is 0.223. The molecule has 0 heterocycles. The fourth-order valence-electron chi connectivity index (χ4n) is 1.61. The van der Waals surface area contributed by atoms with Gasteiger partial charge in [0.05, 0.1) is 0 Å². The number of hydrogen-bond donors (Lipinski definition) is 0. The van der Waals surface area contributed by atoms with E-state index in [1.807, 2.05) is 0 Å². The van der Waals surface area contributed by atoms with Gasteiger partial charge in [0.25, 0.3) is 0 Å². The van der Waals surface area contributed by atoms with Crippen molar-refractivity contribution in [3.8, 4) is 0 Å². The van der Waals surface area contributed by atoms with Gasteiger partial charge in [0.15, 0.2) is 0 Å². The molecule has 0 fully saturated rings. The number of carboxylic acids is 1. The summed E-state index contributed by atoms with van der Waals surface area (Å²) in [6.45, 7) is 0. The molecule has 0 aromatic rings. The molecule has 0 spiro atoms. The third kappa shape index (κ3) is 24.5. The minimum atomic E-state index is -0.918. The topological polar surface area (TPSA) is 40.1 Å². The van der Waals surface area contributed by atoms with Gasteiger partial charge in [-0.2, -0.15) is 5.75 Å². The summed E-state index contributed by atoms with van der Waals surface area (Å²) in [6, 6.07) is 0. The van der Waals surface area contributed by atoms with Crippen LogP contribution in [0.4, 0.5) is 0 Å². The molecule has 0 unspecified atom stereocenters. The summed E-state index contributed by atoms with van der Waals surface area (Å²) in [5.74, 6) is -0.0256. The molecule has 0 saturated carbocycles. The molecule has 0 aromatic carbocycles. The predicted octanol–water partition coefficient (Wildman–Crippen LogP) is -3.81. The summed E-state index contributed by atoms with van der Waals surface area (Å²) in [5.41, 5.74) is 0. The van der Waals surface area contributed by atoms with Crippen LogP contribution in [0.25, 0.3) is 0 Å². The summed E-state index contributed by atoms with van der Waals surface area (Å²) in [5, 5.41) is 10.1. The molecule has 0 amide bonds. The smallest absolute Gasteiger partial charge is 0.793 e. The number of aliphatic carboxylic acids is 1. The normalized spacial score (nSPS) is 9.24. The first-order chi connectivity index (χ1) is 7.27. The van der Waals surface area contributed by atoms with Crippen molar-refractivity contribution in [3.05, 3.63) is 0 Å². The van der Waals surface area contributed by atoms with E-state index >= 15 is 0 Å². The third-order valence-corrected chi connectivity index (χ3v) is 2.81.